The maximum Gasteiger partial charge on any atom is 0.373 e. The summed E-state index contributed by atoms with van der Waals surface area (Å²) < 4.78 is 61.6. The Labute approximate surface area is 117 Å². The number of nitrogens with one attached hydrogen (secondary N) is 1. The first-order chi connectivity index (χ1) is 9.82. The molecule has 2 rings (SSSR count). The number of methoxy groups -OCH3 is 1. The zero-order valence-electron chi connectivity index (χ0n) is 11.0. The third-order valence-electron chi connectivity index (χ3n) is 2.79. The minimum atomic E-state index is -3.44. The molecule has 2 amide bonds. The number of carbonyl (C=O) groups is 1. The number of hydrogen-bond donors (Lipinski definition) is 1. The zero-order chi connectivity index (χ0) is 15.6. The fourth-order valence-electron chi connectivity index (χ4n) is 1.85. The summed E-state index contributed by atoms with van der Waals surface area (Å²) in [6.45, 7) is -1.31. The van der Waals surface area contributed by atoms with E-state index in [0.717, 1.165) is 24.1 Å². The van der Waals surface area contributed by atoms with Crippen molar-refractivity contribution in [2.75, 3.05) is 32.1 Å². The van der Waals surface area contributed by atoms with Crippen LogP contribution in [0, 0.1) is 11.6 Å². The molecule has 1 aromatic rings. The maximum absolute atomic E-state index is 13.5. The summed E-state index contributed by atoms with van der Waals surface area (Å²) >= 11 is 0. The summed E-state index contributed by atoms with van der Waals surface area (Å²) in [6.07, 6.45) is -3.44. The highest BCUT2D eigenvalue weighted by molar-refractivity contribution is 5.89. The molecule has 1 aromatic carbocycles. The van der Waals surface area contributed by atoms with Gasteiger partial charge in [-0.3, -0.25) is 0 Å². The predicted octanol–water partition coefficient (Wildman–Crippen LogP) is 2.43. The molecular weight excluding hydrogens is 296 g/mol. The quantitative estimate of drug-likeness (QED) is 0.854. The zero-order valence-corrected chi connectivity index (χ0v) is 11.0. The second-order valence-corrected chi connectivity index (χ2v) is 4.31. The van der Waals surface area contributed by atoms with Crippen LogP contribution in [-0.2, 0) is 4.74 Å². The van der Waals surface area contributed by atoms with Gasteiger partial charge in [-0.1, -0.05) is 0 Å². The van der Waals surface area contributed by atoms with Crippen molar-refractivity contribution in [1.29, 1.82) is 0 Å². The lowest BCUT2D eigenvalue weighted by Gasteiger charge is -2.32. The minimum Gasteiger partial charge on any atom is -0.491 e. The van der Waals surface area contributed by atoms with E-state index in [1.807, 2.05) is 0 Å². The monoisotopic (exact) mass is 308 g/mol. The van der Waals surface area contributed by atoms with Crippen molar-refractivity contribution in [1.82, 2.24) is 4.90 Å². The van der Waals surface area contributed by atoms with E-state index in [0.29, 0.717) is 0 Å². The van der Waals surface area contributed by atoms with Gasteiger partial charge in [0.05, 0.1) is 13.7 Å². The van der Waals surface area contributed by atoms with Crippen LogP contribution in [0.4, 0.5) is 28.0 Å². The van der Waals surface area contributed by atoms with Crippen LogP contribution in [0.1, 0.15) is 0 Å². The molecule has 1 fully saturated rings. The normalized spacial score (nSPS) is 17.5. The van der Waals surface area contributed by atoms with E-state index in [-0.39, 0.29) is 18.8 Å². The number of hydrogen-bond acceptors (Lipinski definition) is 3. The van der Waals surface area contributed by atoms with Crippen molar-refractivity contribution in [2.24, 2.45) is 0 Å². The second-order valence-electron chi connectivity index (χ2n) is 4.31. The molecule has 0 spiro atoms. The number of anilines is 1. The third-order valence-corrected chi connectivity index (χ3v) is 2.79. The molecule has 1 aliphatic rings. The van der Waals surface area contributed by atoms with E-state index >= 15 is 0 Å². The van der Waals surface area contributed by atoms with Gasteiger partial charge in [-0.2, -0.15) is 8.78 Å². The lowest BCUT2D eigenvalue weighted by atomic mass is 10.2. The molecule has 0 bridgehead atoms. The van der Waals surface area contributed by atoms with Gasteiger partial charge < -0.3 is 19.7 Å². The molecule has 0 aromatic heterocycles. The van der Waals surface area contributed by atoms with Crippen molar-refractivity contribution in [3.63, 3.8) is 0 Å². The van der Waals surface area contributed by atoms with Gasteiger partial charge in [0.2, 0.25) is 0 Å². The molecule has 21 heavy (non-hydrogen) atoms. The van der Waals surface area contributed by atoms with Gasteiger partial charge in [0.1, 0.15) is 6.54 Å². The molecule has 0 saturated carbocycles. The fourth-order valence-corrected chi connectivity index (χ4v) is 1.85. The van der Waals surface area contributed by atoms with Crippen molar-refractivity contribution in [2.45, 2.75) is 6.11 Å². The van der Waals surface area contributed by atoms with Gasteiger partial charge in [-0.05, 0) is 0 Å². The maximum atomic E-state index is 13.5. The van der Waals surface area contributed by atoms with E-state index in [2.05, 4.69) is 14.8 Å². The molecule has 0 aliphatic carbocycles. The van der Waals surface area contributed by atoms with Gasteiger partial charge in [0.15, 0.2) is 17.4 Å². The average Bonchev–Trinajstić information content (AvgIpc) is 2.37. The number of alkyl halides is 2. The van der Waals surface area contributed by atoms with Crippen molar-refractivity contribution < 1.29 is 31.8 Å². The lowest BCUT2D eigenvalue weighted by Crippen LogP contribution is -2.50. The van der Waals surface area contributed by atoms with Gasteiger partial charge >= 0.3 is 12.1 Å². The number of nitrogens with zero attached hydrogens (tertiary/aromatic N) is 1. The number of halogens is 4. The number of ether oxygens (including phenoxy) is 2. The van der Waals surface area contributed by atoms with E-state index in [9.17, 15) is 22.4 Å². The summed E-state index contributed by atoms with van der Waals surface area (Å²) in [5.74, 6) is -2.62. The van der Waals surface area contributed by atoms with Gasteiger partial charge in [0, 0.05) is 24.4 Å². The Kier molecular flexibility index (Phi) is 4.21. The molecule has 9 heteroatoms. The fraction of sp³-hybridized carbons (Fsp3) is 0.417. The lowest BCUT2D eigenvalue weighted by molar-refractivity contribution is -0.263. The van der Waals surface area contributed by atoms with Crippen LogP contribution >= 0.6 is 0 Å². The molecule has 1 heterocycles. The number of carbonyl (C=O) groups excluding carboxylic acids is 1. The summed E-state index contributed by atoms with van der Waals surface area (Å²) in [7, 11) is 1.09. The van der Waals surface area contributed by atoms with Gasteiger partial charge in [-0.15, -0.1) is 0 Å². The number of urea groups is 1. The summed E-state index contributed by atoms with van der Waals surface area (Å²) in [5.41, 5.74) is -0.203. The van der Waals surface area contributed by atoms with Crippen LogP contribution in [0.5, 0.6) is 5.75 Å². The smallest absolute Gasteiger partial charge is 0.373 e. The Hall–Kier alpha value is -2.03. The van der Waals surface area contributed by atoms with Crippen LogP contribution in [0.2, 0.25) is 0 Å². The minimum absolute atomic E-state index is 0.0530. The van der Waals surface area contributed by atoms with Crippen molar-refractivity contribution >= 4 is 11.7 Å². The molecule has 1 saturated heterocycles. The Morgan fingerprint density at radius 3 is 2.52 bits per heavy atom. The molecule has 5 nitrogen and oxygen atoms in total. The SMILES string of the molecule is COc1c(F)cc(NC(=O)N2CCOC(F)(F)C2)cc1F. The van der Waals surface area contributed by atoms with Crippen molar-refractivity contribution in [3.8, 4) is 5.75 Å². The van der Waals surface area contributed by atoms with Gasteiger partial charge in [0.25, 0.3) is 0 Å². The third kappa shape index (κ3) is 3.54. The van der Waals surface area contributed by atoms with Crippen LogP contribution in [-0.4, -0.2) is 43.8 Å². The Morgan fingerprint density at radius 1 is 1.38 bits per heavy atom. The second kappa shape index (κ2) is 5.76. The summed E-state index contributed by atoms with van der Waals surface area (Å²) in [4.78, 5) is 12.6. The molecule has 1 N–H and O–H groups in total. The molecule has 1 aliphatic heterocycles. The number of benzene rings is 1. The number of morpholine rings is 1. The van der Waals surface area contributed by atoms with Crippen molar-refractivity contribution in [3.05, 3.63) is 23.8 Å². The largest absolute Gasteiger partial charge is 0.491 e. The predicted molar refractivity (Wildman–Crippen MR) is 64.4 cm³/mol. The molecule has 0 atom stereocenters. The van der Waals surface area contributed by atoms with Crippen LogP contribution in [0.25, 0.3) is 0 Å². The molecule has 0 unspecified atom stereocenters. The van der Waals surface area contributed by atoms with E-state index in [4.69, 9.17) is 0 Å². The van der Waals surface area contributed by atoms with E-state index < -0.39 is 36.1 Å². The highest BCUT2D eigenvalue weighted by atomic mass is 19.3. The first kappa shape index (κ1) is 15.4. The standard InChI is InChI=1S/C12H12F4N2O3/c1-20-10-8(13)4-7(5-9(10)14)17-11(19)18-2-3-21-12(15,16)6-18/h4-5H,2-3,6H2,1H3,(H,17,19). The van der Waals surface area contributed by atoms with Crippen LogP contribution in [0.3, 0.4) is 0 Å². The molecule has 116 valence electrons. The Morgan fingerprint density at radius 2 is 2.00 bits per heavy atom. The Bertz CT molecular complexity index is 530. The van der Waals surface area contributed by atoms with Gasteiger partial charge in [-0.25, -0.2) is 13.6 Å². The number of amides is 2. The molecular formula is C12H12F4N2O3. The number of rotatable bonds is 2. The van der Waals surface area contributed by atoms with Crippen LogP contribution < -0.4 is 10.1 Å². The highest BCUT2D eigenvalue weighted by Gasteiger charge is 2.38. The van der Waals surface area contributed by atoms with E-state index in [1.165, 1.54) is 0 Å². The van der Waals surface area contributed by atoms with E-state index in [1.54, 1.807) is 0 Å². The van der Waals surface area contributed by atoms with Crippen LogP contribution in [0.15, 0.2) is 12.1 Å². The first-order valence-corrected chi connectivity index (χ1v) is 5.93. The summed E-state index contributed by atoms with van der Waals surface area (Å²) in [5, 5.41) is 2.14. The first-order valence-electron chi connectivity index (χ1n) is 5.93. The highest BCUT2D eigenvalue weighted by Crippen LogP contribution is 2.26. The molecule has 0 radical (unpaired) electrons. The average molecular weight is 308 g/mol. The topological polar surface area (TPSA) is 50.8 Å². The Balaban J connectivity index is 2.09. The summed E-state index contributed by atoms with van der Waals surface area (Å²) in [6, 6.07) is 0.763.